The lowest BCUT2D eigenvalue weighted by molar-refractivity contribution is -0.139. The molecule has 0 saturated heterocycles. The highest BCUT2D eigenvalue weighted by Crippen LogP contribution is 2.16. The van der Waals surface area contributed by atoms with Crippen molar-refractivity contribution < 1.29 is 14.7 Å². The van der Waals surface area contributed by atoms with Crippen LogP contribution >= 0.6 is 11.3 Å². The predicted molar refractivity (Wildman–Crippen MR) is 76.2 cm³/mol. The minimum Gasteiger partial charge on any atom is -0.480 e. The van der Waals surface area contributed by atoms with Gasteiger partial charge in [0.15, 0.2) is 4.96 Å². The summed E-state index contributed by atoms with van der Waals surface area (Å²) >= 11 is 1.45. The summed E-state index contributed by atoms with van der Waals surface area (Å²) in [5.74, 6) is -1.45. The van der Waals surface area contributed by atoms with Gasteiger partial charge in [0.2, 0.25) is 0 Å². The van der Waals surface area contributed by atoms with Gasteiger partial charge in [-0.25, -0.2) is 9.78 Å². The minimum atomic E-state index is -1.01. The third-order valence-electron chi connectivity index (χ3n) is 3.07. The third kappa shape index (κ3) is 2.98. The Morgan fingerprint density at radius 1 is 1.55 bits per heavy atom. The van der Waals surface area contributed by atoms with Crippen LogP contribution < -0.4 is 5.32 Å². The van der Waals surface area contributed by atoms with Gasteiger partial charge in [-0.1, -0.05) is 19.8 Å². The number of fused-ring (bicyclic) bond motifs is 1. The van der Waals surface area contributed by atoms with Crippen LogP contribution in [0.1, 0.15) is 42.4 Å². The van der Waals surface area contributed by atoms with E-state index in [-0.39, 0.29) is 5.69 Å². The number of aryl methyl sites for hydroxylation is 1. The number of unbranched alkanes of at least 4 members (excludes halogenated alkanes) is 1. The number of amides is 1. The highest BCUT2D eigenvalue weighted by atomic mass is 32.1. The molecular weight excluding hydrogens is 278 g/mol. The van der Waals surface area contributed by atoms with Crippen LogP contribution in [0.4, 0.5) is 0 Å². The van der Waals surface area contributed by atoms with E-state index >= 15 is 0 Å². The maximum Gasteiger partial charge on any atom is 0.326 e. The Morgan fingerprint density at radius 3 is 2.90 bits per heavy atom. The molecule has 0 aromatic carbocycles. The number of carboxylic acids is 1. The van der Waals surface area contributed by atoms with Crippen LogP contribution in [0.15, 0.2) is 11.6 Å². The fraction of sp³-hybridized carbons (Fsp3) is 0.462. The zero-order chi connectivity index (χ0) is 14.7. The molecule has 2 aromatic heterocycles. The number of aliphatic carboxylic acids is 1. The van der Waals surface area contributed by atoms with E-state index < -0.39 is 17.9 Å². The number of hydrogen-bond acceptors (Lipinski definition) is 4. The number of carbonyl (C=O) groups excluding carboxylic acids is 1. The number of nitrogens with zero attached hydrogens (tertiary/aromatic N) is 2. The number of carboxylic acid groups (broad SMARTS) is 1. The molecule has 2 heterocycles. The van der Waals surface area contributed by atoms with Crippen molar-refractivity contribution in [1.29, 1.82) is 0 Å². The average Bonchev–Trinajstić information content (AvgIpc) is 2.96. The smallest absolute Gasteiger partial charge is 0.326 e. The van der Waals surface area contributed by atoms with Crippen molar-refractivity contribution >= 4 is 28.2 Å². The van der Waals surface area contributed by atoms with E-state index in [4.69, 9.17) is 5.11 Å². The van der Waals surface area contributed by atoms with E-state index in [1.54, 1.807) is 6.20 Å². The molecule has 0 bridgehead atoms. The molecule has 0 saturated carbocycles. The van der Waals surface area contributed by atoms with E-state index in [2.05, 4.69) is 10.3 Å². The van der Waals surface area contributed by atoms with Crippen LogP contribution in [0.3, 0.4) is 0 Å². The van der Waals surface area contributed by atoms with Gasteiger partial charge < -0.3 is 10.4 Å². The number of aromatic nitrogens is 2. The lowest BCUT2D eigenvalue weighted by Gasteiger charge is -2.12. The summed E-state index contributed by atoms with van der Waals surface area (Å²) in [6.07, 6.45) is 3.71. The average molecular weight is 295 g/mol. The minimum absolute atomic E-state index is 0.252. The van der Waals surface area contributed by atoms with Crippen LogP contribution in [0, 0.1) is 6.92 Å². The van der Waals surface area contributed by atoms with Gasteiger partial charge >= 0.3 is 5.97 Å². The first-order chi connectivity index (χ1) is 9.52. The van der Waals surface area contributed by atoms with Gasteiger partial charge in [-0.05, 0) is 13.3 Å². The second-order valence-corrected chi connectivity index (χ2v) is 5.50. The Kier molecular flexibility index (Phi) is 4.39. The third-order valence-corrected chi connectivity index (χ3v) is 4.03. The largest absolute Gasteiger partial charge is 0.480 e. The van der Waals surface area contributed by atoms with Crippen molar-refractivity contribution in [1.82, 2.24) is 14.7 Å². The number of carbonyl (C=O) groups is 2. The first kappa shape index (κ1) is 14.5. The maximum absolute atomic E-state index is 12.1. The Labute approximate surface area is 120 Å². The number of rotatable bonds is 6. The molecule has 0 fully saturated rings. The summed E-state index contributed by atoms with van der Waals surface area (Å²) in [6, 6.07) is -0.858. The van der Waals surface area contributed by atoms with Crippen molar-refractivity contribution in [3.05, 3.63) is 23.0 Å². The molecule has 0 aliphatic carbocycles. The van der Waals surface area contributed by atoms with Crippen LogP contribution in [0.25, 0.3) is 4.96 Å². The van der Waals surface area contributed by atoms with Gasteiger partial charge in [-0.2, -0.15) is 0 Å². The molecule has 1 unspecified atom stereocenters. The van der Waals surface area contributed by atoms with Gasteiger partial charge in [0.05, 0.1) is 0 Å². The predicted octanol–water partition coefficient (Wildman–Crippen LogP) is 2.08. The second kappa shape index (κ2) is 6.04. The first-order valence-electron chi connectivity index (χ1n) is 6.49. The number of thiazole rings is 1. The van der Waals surface area contributed by atoms with E-state index in [1.807, 2.05) is 23.6 Å². The summed E-state index contributed by atoms with van der Waals surface area (Å²) < 4.78 is 1.82. The van der Waals surface area contributed by atoms with Crippen molar-refractivity contribution in [2.75, 3.05) is 0 Å². The Balaban J connectivity index is 2.11. The van der Waals surface area contributed by atoms with Crippen molar-refractivity contribution in [2.24, 2.45) is 0 Å². The maximum atomic E-state index is 12.1. The molecule has 1 amide bonds. The van der Waals surface area contributed by atoms with Gasteiger partial charge in [0.1, 0.15) is 11.7 Å². The fourth-order valence-electron chi connectivity index (χ4n) is 1.90. The van der Waals surface area contributed by atoms with Crippen LogP contribution in [0.5, 0.6) is 0 Å². The van der Waals surface area contributed by atoms with E-state index in [1.165, 1.54) is 11.3 Å². The molecule has 0 spiro atoms. The second-order valence-electron chi connectivity index (χ2n) is 4.66. The summed E-state index contributed by atoms with van der Waals surface area (Å²) in [6.45, 7) is 3.90. The highest BCUT2D eigenvalue weighted by Gasteiger charge is 2.21. The quantitative estimate of drug-likeness (QED) is 0.854. The first-order valence-corrected chi connectivity index (χ1v) is 7.37. The van der Waals surface area contributed by atoms with Gasteiger partial charge in [-0.3, -0.25) is 9.20 Å². The Morgan fingerprint density at radius 2 is 2.30 bits per heavy atom. The molecule has 7 heteroatoms. The molecule has 0 radical (unpaired) electrons. The highest BCUT2D eigenvalue weighted by molar-refractivity contribution is 7.15. The fourth-order valence-corrected chi connectivity index (χ4v) is 2.75. The summed E-state index contributed by atoms with van der Waals surface area (Å²) in [5.41, 5.74) is 1.25. The van der Waals surface area contributed by atoms with Crippen LogP contribution in [-0.2, 0) is 4.79 Å². The lowest BCUT2D eigenvalue weighted by Crippen LogP contribution is -2.40. The van der Waals surface area contributed by atoms with E-state index in [9.17, 15) is 9.59 Å². The van der Waals surface area contributed by atoms with Crippen molar-refractivity contribution in [3.63, 3.8) is 0 Å². The molecule has 2 rings (SSSR count). The van der Waals surface area contributed by atoms with E-state index in [0.717, 1.165) is 23.5 Å². The SMILES string of the molecule is CCCCC(NC(=O)c1cn2c(C)csc2n1)C(=O)O. The molecule has 108 valence electrons. The molecule has 2 aromatic rings. The molecule has 0 aliphatic rings. The van der Waals surface area contributed by atoms with Crippen molar-refractivity contribution in [3.8, 4) is 0 Å². The molecule has 0 aliphatic heterocycles. The molecule has 6 nitrogen and oxygen atoms in total. The van der Waals surface area contributed by atoms with Gasteiger partial charge in [0.25, 0.3) is 5.91 Å². The monoisotopic (exact) mass is 295 g/mol. The zero-order valence-electron chi connectivity index (χ0n) is 11.4. The van der Waals surface area contributed by atoms with Crippen LogP contribution in [0.2, 0.25) is 0 Å². The lowest BCUT2D eigenvalue weighted by atomic mass is 10.1. The Hall–Kier alpha value is -1.89. The van der Waals surface area contributed by atoms with E-state index in [0.29, 0.717) is 6.42 Å². The standard InChI is InChI=1S/C13H17N3O3S/c1-3-4-5-9(12(18)19)14-11(17)10-6-16-8(2)7-20-13(16)15-10/h6-7,9H,3-5H2,1-2H3,(H,14,17)(H,18,19). The molecule has 1 atom stereocenters. The van der Waals surface area contributed by atoms with Crippen molar-refractivity contribution in [2.45, 2.75) is 39.2 Å². The normalized spacial score (nSPS) is 12.5. The summed E-state index contributed by atoms with van der Waals surface area (Å²) in [4.78, 5) is 28.1. The zero-order valence-corrected chi connectivity index (χ0v) is 12.2. The molecular formula is C13H17N3O3S. The summed E-state index contributed by atoms with van der Waals surface area (Å²) in [7, 11) is 0. The summed E-state index contributed by atoms with van der Waals surface area (Å²) in [5, 5.41) is 13.6. The topological polar surface area (TPSA) is 83.7 Å². The van der Waals surface area contributed by atoms with Gasteiger partial charge in [-0.15, -0.1) is 11.3 Å². The number of nitrogens with one attached hydrogen (secondary N) is 1. The van der Waals surface area contributed by atoms with Gasteiger partial charge in [0, 0.05) is 17.3 Å². The number of hydrogen-bond donors (Lipinski definition) is 2. The molecule has 2 N–H and O–H groups in total. The Bertz CT molecular complexity index is 632. The van der Waals surface area contributed by atoms with Crippen LogP contribution in [-0.4, -0.2) is 32.4 Å². The number of imidazole rings is 1. The molecule has 20 heavy (non-hydrogen) atoms.